The predicted octanol–water partition coefficient (Wildman–Crippen LogP) is 2.51. The fourth-order valence-electron chi connectivity index (χ4n) is 2.79. The number of aromatic nitrogens is 2. The molecule has 5 heteroatoms. The summed E-state index contributed by atoms with van der Waals surface area (Å²) in [6, 6.07) is 18.2. The van der Waals surface area contributed by atoms with E-state index in [1.165, 1.54) is 0 Å². The van der Waals surface area contributed by atoms with Gasteiger partial charge in [-0.15, -0.1) is 0 Å². The van der Waals surface area contributed by atoms with E-state index < -0.39 is 11.5 Å². The van der Waals surface area contributed by atoms with Crippen molar-refractivity contribution in [2.24, 2.45) is 5.73 Å². The summed E-state index contributed by atoms with van der Waals surface area (Å²) in [5.74, 6) is -0.496. The summed E-state index contributed by atoms with van der Waals surface area (Å²) in [7, 11) is 1.60. The van der Waals surface area contributed by atoms with Crippen LogP contribution < -0.4 is 5.73 Å². The molecule has 0 aliphatic carbocycles. The number of benzene rings is 1. The molecule has 2 N–H and O–H groups in total. The highest BCUT2D eigenvalue weighted by atomic mass is 16.5. The lowest BCUT2D eigenvalue weighted by Crippen LogP contribution is -2.34. The lowest BCUT2D eigenvalue weighted by atomic mass is 9.85. The van der Waals surface area contributed by atoms with Crippen molar-refractivity contribution in [2.45, 2.75) is 5.60 Å². The Morgan fingerprint density at radius 1 is 0.958 bits per heavy atom. The topological polar surface area (TPSA) is 78.1 Å². The van der Waals surface area contributed by atoms with Crippen LogP contribution in [0, 0.1) is 0 Å². The molecule has 3 aromatic rings. The van der Waals surface area contributed by atoms with E-state index in [1.54, 1.807) is 37.7 Å². The molecule has 0 aliphatic heterocycles. The van der Waals surface area contributed by atoms with Gasteiger partial charge in [-0.05, 0) is 42.0 Å². The first-order valence-corrected chi connectivity index (χ1v) is 7.47. The van der Waals surface area contributed by atoms with Gasteiger partial charge in [0.25, 0.3) is 0 Å². The zero-order valence-corrected chi connectivity index (χ0v) is 13.2. The van der Waals surface area contributed by atoms with Crippen molar-refractivity contribution in [3.63, 3.8) is 0 Å². The molecule has 0 atom stereocenters. The molecule has 0 fully saturated rings. The molecule has 3 rings (SSSR count). The van der Waals surface area contributed by atoms with Gasteiger partial charge in [-0.25, -0.2) is 0 Å². The maximum atomic E-state index is 11.6. The molecule has 0 radical (unpaired) electrons. The van der Waals surface area contributed by atoms with Crippen LogP contribution in [0.5, 0.6) is 0 Å². The van der Waals surface area contributed by atoms with Gasteiger partial charge in [0, 0.05) is 25.1 Å². The molecule has 1 aromatic carbocycles. The number of amides is 1. The quantitative estimate of drug-likeness (QED) is 0.784. The number of primary amides is 1. The van der Waals surface area contributed by atoms with E-state index in [4.69, 9.17) is 10.5 Å². The molecule has 24 heavy (non-hydrogen) atoms. The summed E-state index contributed by atoms with van der Waals surface area (Å²) in [6.07, 6.45) is 3.40. The van der Waals surface area contributed by atoms with E-state index in [-0.39, 0.29) is 0 Å². The molecule has 0 saturated heterocycles. The zero-order chi connectivity index (χ0) is 17.0. The van der Waals surface area contributed by atoms with Crippen molar-refractivity contribution in [3.8, 4) is 0 Å². The van der Waals surface area contributed by atoms with Crippen LogP contribution >= 0.6 is 0 Å². The van der Waals surface area contributed by atoms with Crippen molar-refractivity contribution >= 4 is 5.91 Å². The summed E-state index contributed by atoms with van der Waals surface area (Å²) < 4.78 is 5.95. The van der Waals surface area contributed by atoms with Gasteiger partial charge in [0.05, 0.1) is 11.4 Å². The van der Waals surface area contributed by atoms with E-state index in [2.05, 4.69) is 9.97 Å². The number of hydrogen-bond donors (Lipinski definition) is 1. The van der Waals surface area contributed by atoms with Gasteiger partial charge in [-0.3, -0.25) is 14.8 Å². The third kappa shape index (κ3) is 2.66. The molecule has 0 spiro atoms. The average molecular weight is 319 g/mol. The maximum Gasteiger partial charge on any atom is 0.248 e. The first-order valence-electron chi connectivity index (χ1n) is 7.47. The van der Waals surface area contributed by atoms with Crippen molar-refractivity contribution in [1.29, 1.82) is 0 Å². The number of methoxy groups -OCH3 is 1. The Labute approximate surface area is 140 Å². The Morgan fingerprint density at radius 2 is 1.58 bits per heavy atom. The lowest BCUT2D eigenvalue weighted by Gasteiger charge is -2.32. The third-order valence-electron chi connectivity index (χ3n) is 3.91. The Kier molecular flexibility index (Phi) is 4.35. The third-order valence-corrected chi connectivity index (χ3v) is 3.91. The molecule has 120 valence electrons. The number of nitrogens with zero attached hydrogens (tertiary/aromatic N) is 2. The van der Waals surface area contributed by atoms with Gasteiger partial charge in [-0.1, -0.05) is 24.3 Å². The second kappa shape index (κ2) is 6.60. The normalized spacial score (nSPS) is 11.2. The van der Waals surface area contributed by atoms with Crippen LogP contribution in [0.15, 0.2) is 73.1 Å². The number of ether oxygens (including phenoxy) is 1. The van der Waals surface area contributed by atoms with Crippen LogP contribution in [0.25, 0.3) is 0 Å². The van der Waals surface area contributed by atoms with Crippen LogP contribution in [0.4, 0.5) is 0 Å². The second-order valence-electron chi connectivity index (χ2n) is 5.26. The molecular formula is C19H17N3O2. The Morgan fingerprint density at radius 3 is 2.04 bits per heavy atom. The molecule has 1 amide bonds. The Hall–Kier alpha value is -3.05. The van der Waals surface area contributed by atoms with Crippen LogP contribution in [-0.4, -0.2) is 23.0 Å². The minimum atomic E-state index is -1.03. The highest BCUT2D eigenvalue weighted by Crippen LogP contribution is 2.37. The van der Waals surface area contributed by atoms with Crippen LogP contribution in [0.2, 0.25) is 0 Å². The molecule has 0 bridgehead atoms. The van der Waals surface area contributed by atoms with E-state index in [0.717, 1.165) is 5.56 Å². The minimum Gasteiger partial charge on any atom is -0.366 e. The summed E-state index contributed by atoms with van der Waals surface area (Å²) in [4.78, 5) is 20.5. The first kappa shape index (κ1) is 15.8. The Balaban J connectivity index is 2.30. The van der Waals surface area contributed by atoms with Crippen molar-refractivity contribution < 1.29 is 9.53 Å². The zero-order valence-electron chi connectivity index (χ0n) is 13.2. The van der Waals surface area contributed by atoms with Crippen molar-refractivity contribution in [1.82, 2.24) is 9.97 Å². The average Bonchev–Trinajstić information content (AvgIpc) is 2.65. The minimum absolute atomic E-state index is 0.404. The van der Waals surface area contributed by atoms with E-state index in [9.17, 15) is 4.79 Å². The van der Waals surface area contributed by atoms with Gasteiger partial charge in [0.1, 0.15) is 0 Å². The highest BCUT2D eigenvalue weighted by Gasteiger charge is 2.39. The SMILES string of the molecule is COC(c1cccc(C(N)=O)c1)(c1ccccn1)c1ccccn1. The second-order valence-corrected chi connectivity index (χ2v) is 5.26. The van der Waals surface area contributed by atoms with Crippen molar-refractivity contribution in [3.05, 3.63) is 95.6 Å². The fraction of sp³-hybridized carbons (Fsp3) is 0.105. The van der Waals surface area contributed by atoms with Gasteiger partial charge in [0.2, 0.25) is 5.91 Å². The predicted molar refractivity (Wildman–Crippen MR) is 90.3 cm³/mol. The number of carbonyl (C=O) groups is 1. The highest BCUT2D eigenvalue weighted by molar-refractivity contribution is 5.93. The van der Waals surface area contributed by atoms with Crippen LogP contribution in [0.1, 0.15) is 27.3 Å². The molecule has 5 nitrogen and oxygen atoms in total. The summed E-state index contributed by atoms with van der Waals surface area (Å²) in [5, 5.41) is 0. The summed E-state index contributed by atoms with van der Waals surface area (Å²) >= 11 is 0. The molecule has 2 heterocycles. The first-order chi connectivity index (χ1) is 11.7. The molecule has 0 saturated carbocycles. The van der Waals surface area contributed by atoms with Crippen molar-refractivity contribution in [2.75, 3.05) is 7.11 Å². The largest absolute Gasteiger partial charge is 0.366 e. The molecule has 2 aromatic heterocycles. The molecule has 0 aliphatic rings. The van der Waals surface area contributed by atoms with Gasteiger partial charge in [0.15, 0.2) is 5.60 Å². The number of pyridine rings is 2. The number of carbonyl (C=O) groups excluding carboxylic acids is 1. The van der Waals surface area contributed by atoms with Gasteiger partial charge in [-0.2, -0.15) is 0 Å². The van der Waals surface area contributed by atoms with E-state index in [1.807, 2.05) is 42.5 Å². The molecular weight excluding hydrogens is 302 g/mol. The van der Waals surface area contributed by atoms with Crippen LogP contribution in [0.3, 0.4) is 0 Å². The maximum absolute atomic E-state index is 11.6. The van der Waals surface area contributed by atoms with Gasteiger partial charge >= 0.3 is 0 Å². The fourth-order valence-corrected chi connectivity index (χ4v) is 2.79. The number of hydrogen-bond acceptors (Lipinski definition) is 4. The smallest absolute Gasteiger partial charge is 0.248 e. The van der Waals surface area contributed by atoms with Gasteiger partial charge < -0.3 is 10.5 Å². The number of rotatable bonds is 5. The monoisotopic (exact) mass is 319 g/mol. The van der Waals surface area contributed by atoms with Crippen LogP contribution in [-0.2, 0) is 10.3 Å². The lowest BCUT2D eigenvalue weighted by molar-refractivity contribution is 0.0510. The van der Waals surface area contributed by atoms with E-state index >= 15 is 0 Å². The Bertz CT molecular complexity index is 796. The standard InChI is InChI=1S/C19H17N3O2/c1-24-19(16-9-2-4-11-21-16,17-10-3-5-12-22-17)15-8-6-7-14(13-15)18(20)23/h2-13H,1H3,(H2,20,23). The van der Waals surface area contributed by atoms with E-state index in [0.29, 0.717) is 17.0 Å². The summed E-state index contributed by atoms with van der Waals surface area (Å²) in [5.41, 5.74) is 6.89. The number of nitrogens with two attached hydrogens (primary N) is 1. The molecule has 0 unspecified atom stereocenters. The summed E-state index contributed by atoms with van der Waals surface area (Å²) in [6.45, 7) is 0.